The average molecular weight is 520 g/mol. The second-order valence-electron chi connectivity index (χ2n) is 8.78. The van der Waals surface area contributed by atoms with Gasteiger partial charge in [-0.15, -0.1) is 16.4 Å². The van der Waals surface area contributed by atoms with Gasteiger partial charge in [0.25, 0.3) is 5.91 Å². The van der Waals surface area contributed by atoms with E-state index in [2.05, 4.69) is 15.6 Å². The number of benzene rings is 2. The lowest BCUT2D eigenvalue weighted by Crippen LogP contribution is -2.31. The average Bonchev–Trinajstić information content (AvgIpc) is 3.46. The van der Waals surface area contributed by atoms with Gasteiger partial charge in [0.05, 0.1) is 5.57 Å². The molecule has 3 heterocycles. The number of thioether (sulfide) groups is 1. The molecule has 1 aliphatic rings. The Balaban J connectivity index is 1.49. The highest BCUT2D eigenvalue weighted by Gasteiger charge is 2.36. The second-order valence-corrected chi connectivity index (χ2v) is 10.7. The van der Waals surface area contributed by atoms with Crippen LogP contribution in [-0.2, 0) is 10.5 Å². The second kappa shape index (κ2) is 9.91. The lowest BCUT2D eigenvalue weighted by Gasteiger charge is -2.28. The topological polar surface area (TPSA) is 71.8 Å². The number of amides is 1. The highest BCUT2D eigenvalue weighted by molar-refractivity contribution is 7.98. The van der Waals surface area contributed by atoms with Gasteiger partial charge in [0.1, 0.15) is 11.9 Å². The van der Waals surface area contributed by atoms with Crippen LogP contribution in [0.4, 0.5) is 16.0 Å². The van der Waals surface area contributed by atoms with Gasteiger partial charge in [0, 0.05) is 22.0 Å². The van der Waals surface area contributed by atoms with Gasteiger partial charge in [-0.1, -0.05) is 42.1 Å². The van der Waals surface area contributed by atoms with Crippen molar-refractivity contribution in [2.75, 3.05) is 10.6 Å². The Labute approximate surface area is 217 Å². The van der Waals surface area contributed by atoms with Crippen LogP contribution < -0.4 is 10.6 Å². The summed E-state index contributed by atoms with van der Waals surface area (Å²) in [6.45, 7) is 7.95. The number of fused-ring (bicyclic) bond motifs is 1. The van der Waals surface area contributed by atoms with Crippen LogP contribution >= 0.6 is 23.1 Å². The first-order valence-corrected chi connectivity index (χ1v) is 13.4. The fourth-order valence-corrected chi connectivity index (χ4v) is 6.06. The molecule has 0 spiro atoms. The number of nitrogens with zero attached hydrogens (tertiary/aromatic N) is 3. The minimum absolute atomic E-state index is 0.187. The highest BCUT2D eigenvalue weighted by Crippen LogP contribution is 2.40. The summed E-state index contributed by atoms with van der Waals surface area (Å²) in [6.07, 6.45) is 0. The maximum atomic E-state index is 14.1. The zero-order valence-corrected chi connectivity index (χ0v) is 22.1. The van der Waals surface area contributed by atoms with E-state index < -0.39 is 6.04 Å². The van der Waals surface area contributed by atoms with Gasteiger partial charge in [-0.25, -0.2) is 9.07 Å². The summed E-state index contributed by atoms with van der Waals surface area (Å²) in [5.41, 5.74) is 5.92. The van der Waals surface area contributed by atoms with Gasteiger partial charge in [0.15, 0.2) is 0 Å². The van der Waals surface area contributed by atoms with Gasteiger partial charge in [-0.05, 0) is 73.5 Å². The van der Waals surface area contributed by atoms with Crippen LogP contribution in [0.1, 0.15) is 40.1 Å². The molecule has 0 bridgehead atoms. The molecule has 9 heteroatoms. The summed E-state index contributed by atoms with van der Waals surface area (Å²) in [4.78, 5) is 19.4. The van der Waals surface area contributed by atoms with E-state index in [9.17, 15) is 9.18 Å². The minimum Gasteiger partial charge on any atom is -0.328 e. The van der Waals surface area contributed by atoms with Crippen LogP contribution in [-0.4, -0.2) is 20.7 Å². The summed E-state index contributed by atoms with van der Waals surface area (Å²) in [5.74, 6) is 0.533. The Morgan fingerprint density at radius 1 is 1.11 bits per heavy atom. The van der Waals surface area contributed by atoms with Crippen molar-refractivity contribution < 1.29 is 9.18 Å². The lowest BCUT2D eigenvalue weighted by molar-refractivity contribution is -0.113. The molecule has 6 nitrogen and oxygen atoms in total. The normalized spacial score (nSPS) is 15.0. The molecule has 1 amide bonds. The van der Waals surface area contributed by atoms with Gasteiger partial charge >= 0.3 is 0 Å². The number of carbonyl (C=O) groups excluding carboxylic acids is 1. The van der Waals surface area contributed by atoms with Gasteiger partial charge in [0.2, 0.25) is 11.1 Å². The van der Waals surface area contributed by atoms with Crippen LogP contribution in [0.2, 0.25) is 0 Å². The number of carbonyl (C=O) groups is 1. The smallest absolute Gasteiger partial charge is 0.255 e. The highest BCUT2D eigenvalue weighted by atomic mass is 32.2. The summed E-state index contributed by atoms with van der Waals surface area (Å²) >= 11 is 2.95. The van der Waals surface area contributed by atoms with Crippen molar-refractivity contribution in [2.45, 2.75) is 44.6 Å². The molecular formula is C27H26FN5OS2. The fraction of sp³-hybridized carbons (Fsp3) is 0.222. The fourth-order valence-electron chi connectivity index (χ4n) is 4.23. The third kappa shape index (κ3) is 4.56. The van der Waals surface area contributed by atoms with Crippen molar-refractivity contribution in [1.82, 2.24) is 14.8 Å². The van der Waals surface area contributed by atoms with Crippen molar-refractivity contribution in [1.29, 1.82) is 0 Å². The van der Waals surface area contributed by atoms with Crippen LogP contribution in [0.25, 0.3) is 0 Å². The van der Waals surface area contributed by atoms with Gasteiger partial charge < -0.3 is 10.6 Å². The zero-order valence-electron chi connectivity index (χ0n) is 20.4. The molecule has 0 fully saturated rings. The molecular weight excluding hydrogens is 493 g/mol. The van der Waals surface area contributed by atoms with Crippen LogP contribution in [0.5, 0.6) is 0 Å². The molecule has 4 aromatic rings. The first kappa shape index (κ1) is 24.3. The van der Waals surface area contributed by atoms with Crippen molar-refractivity contribution in [3.8, 4) is 0 Å². The number of rotatable bonds is 6. The summed E-state index contributed by atoms with van der Waals surface area (Å²) in [5, 5.41) is 13.7. The summed E-state index contributed by atoms with van der Waals surface area (Å²) in [7, 11) is 0. The number of allylic oxidation sites excluding steroid dienone is 1. The van der Waals surface area contributed by atoms with E-state index in [1.54, 1.807) is 28.2 Å². The molecule has 184 valence electrons. The van der Waals surface area contributed by atoms with E-state index in [4.69, 9.17) is 5.10 Å². The number of anilines is 2. The van der Waals surface area contributed by atoms with Crippen LogP contribution in [0.3, 0.4) is 0 Å². The molecule has 1 atom stereocenters. The third-order valence-electron chi connectivity index (χ3n) is 6.40. The quantitative estimate of drug-likeness (QED) is 0.280. The Morgan fingerprint density at radius 2 is 1.92 bits per heavy atom. The van der Waals surface area contributed by atoms with Crippen LogP contribution in [0, 0.1) is 26.6 Å². The third-order valence-corrected chi connectivity index (χ3v) is 8.35. The molecule has 5 rings (SSSR count). The molecule has 36 heavy (non-hydrogen) atoms. The molecule has 1 unspecified atom stereocenters. The van der Waals surface area contributed by atoms with E-state index in [1.165, 1.54) is 17.8 Å². The van der Waals surface area contributed by atoms with Crippen molar-refractivity contribution in [3.63, 3.8) is 0 Å². The van der Waals surface area contributed by atoms with E-state index >= 15 is 0 Å². The molecule has 0 aliphatic carbocycles. The van der Waals surface area contributed by atoms with Crippen molar-refractivity contribution >= 4 is 40.6 Å². The molecule has 2 aromatic heterocycles. The van der Waals surface area contributed by atoms with Crippen LogP contribution in [0.15, 0.2) is 70.3 Å². The first-order valence-electron chi connectivity index (χ1n) is 11.6. The first-order chi connectivity index (χ1) is 17.3. The molecule has 1 aliphatic heterocycles. The number of hydrogen-bond donors (Lipinski definition) is 2. The molecule has 0 saturated heterocycles. The Bertz CT molecular complexity index is 1490. The maximum Gasteiger partial charge on any atom is 0.255 e. The van der Waals surface area contributed by atoms with Crippen molar-refractivity contribution in [2.24, 2.45) is 0 Å². The SMILES string of the molecule is CC1=C(C(=O)Nc2cccc(C)c2C)C(c2sccc2C)n2nc(SCc3ccccc3F)nc2N1. The predicted molar refractivity (Wildman–Crippen MR) is 144 cm³/mol. The monoisotopic (exact) mass is 519 g/mol. The maximum absolute atomic E-state index is 14.1. The Hall–Kier alpha value is -3.43. The Morgan fingerprint density at radius 3 is 2.67 bits per heavy atom. The molecule has 2 aromatic carbocycles. The molecule has 2 N–H and O–H groups in total. The van der Waals surface area contributed by atoms with Gasteiger partial charge in [-0.3, -0.25) is 4.79 Å². The minimum atomic E-state index is -0.429. The summed E-state index contributed by atoms with van der Waals surface area (Å²) < 4.78 is 15.9. The van der Waals surface area contributed by atoms with E-state index in [1.807, 2.05) is 63.4 Å². The number of halogens is 1. The van der Waals surface area contributed by atoms with E-state index in [0.717, 1.165) is 33.0 Å². The van der Waals surface area contributed by atoms with Crippen molar-refractivity contribution in [3.05, 3.63) is 98.1 Å². The number of nitrogens with one attached hydrogen (secondary N) is 2. The number of hydrogen-bond acceptors (Lipinski definition) is 6. The molecule has 0 radical (unpaired) electrons. The lowest BCUT2D eigenvalue weighted by atomic mass is 9.98. The predicted octanol–water partition coefficient (Wildman–Crippen LogP) is 6.62. The Kier molecular flexibility index (Phi) is 6.68. The summed E-state index contributed by atoms with van der Waals surface area (Å²) in [6, 6.07) is 14.2. The standard InChI is InChI=1S/C27H26FN5OS2/c1-15-8-7-11-21(17(15)3)30-25(34)22-18(4)29-26-31-27(36-14-19-9-5-6-10-20(19)28)32-33(26)23(22)24-16(2)12-13-35-24/h5-13,23H,14H2,1-4H3,(H,30,34)(H,29,31,32). The number of thiophene rings is 1. The zero-order chi connectivity index (χ0) is 25.4. The van der Waals surface area contributed by atoms with E-state index in [-0.39, 0.29) is 11.7 Å². The molecule has 0 saturated carbocycles. The number of aryl methyl sites for hydroxylation is 2. The van der Waals surface area contributed by atoms with E-state index in [0.29, 0.717) is 28.0 Å². The van der Waals surface area contributed by atoms with Gasteiger partial charge in [-0.2, -0.15) is 4.98 Å². The number of aromatic nitrogens is 3. The largest absolute Gasteiger partial charge is 0.328 e.